The van der Waals surface area contributed by atoms with Crippen LogP contribution in [0.2, 0.25) is 0 Å². The Labute approximate surface area is 169 Å². The Morgan fingerprint density at radius 3 is 2.86 bits per heavy atom. The Bertz CT molecular complexity index is 1070. The average Bonchev–Trinajstić information content (AvgIpc) is 3.27. The second-order valence-corrected chi connectivity index (χ2v) is 6.86. The average molecular weight is 392 g/mol. The van der Waals surface area contributed by atoms with Gasteiger partial charge in [0.2, 0.25) is 5.55 Å². The first-order chi connectivity index (χ1) is 14.2. The van der Waals surface area contributed by atoms with Crippen LogP contribution in [0.3, 0.4) is 0 Å². The quantitative estimate of drug-likeness (QED) is 0.689. The van der Waals surface area contributed by atoms with E-state index in [0.717, 1.165) is 24.8 Å². The van der Waals surface area contributed by atoms with E-state index < -0.39 is 0 Å². The molecular formula is C23H24N2O4. The molecule has 0 radical (unpaired) electrons. The zero-order valence-corrected chi connectivity index (χ0v) is 16.4. The fourth-order valence-electron chi connectivity index (χ4n) is 3.36. The van der Waals surface area contributed by atoms with E-state index in [4.69, 9.17) is 13.9 Å². The number of hydrogen-bond acceptors (Lipinski definition) is 5. The maximum atomic E-state index is 12.9. The van der Waals surface area contributed by atoms with Gasteiger partial charge in [-0.3, -0.25) is 4.79 Å². The van der Waals surface area contributed by atoms with Crippen molar-refractivity contribution >= 4 is 22.6 Å². The summed E-state index contributed by atoms with van der Waals surface area (Å²) in [5.74, 6) is 0.409. The molecule has 2 aromatic carbocycles. The number of ether oxygens (including phenoxy) is 2. The van der Waals surface area contributed by atoms with E-state index in [9.17, 15) is 4.79 Å². The molecule has 2 heterocycles. The Kier molecular flexibility index (Phi) is 5.91. The smallest absolute Gasteiger partial charge is 0.256 e. The van der Waals surface area contributed by atoms with Crippen LogP contribution in [0.1, 0.15) is 30.1 Å². The molecule has 1 aliphatic heterocycles. The molecule has 0 saturated carbocycles. The molecular weight excluding hydrogens is 368 g/mol. The van der Waals surface area contributed by atoms with Gasteiger partial charge >= 0.3 is 0 Å². The molecule has 6 heteroatoms. The lowest BCUT2D eigenvalue weighted by Gasteiger charge is -2.11. The number of para-hydroxylation sites is 3. The fourth-order valence-corrected chi connectivity index (χ4v) is 3.36. The van der Waals surface area contributed by atoms with Crippen molar-refractivity contribution in [3.8, 4) is 5.75 Å². The third-order valence-corrected chi connectivity index (χ3v) is 4.80. The predicted molar refractivity (Wildman–Crippen MR) is 110 cm³/mol. The van der Waals surface area contributed by atoms with E-state index >= 15 is 0 Å². The molecule has 1 N–H and O–H groups in total. The second kappa shape index (κ2) is 8.92. The molecule has 1 aliphatic rings. The van der Waals surface area contributed by atoms with Gasteiger partial charge in [-0.05, 0) is 44.0 Å². The normalized spacial score (nSPS) is 16.9. The Hall–Kier alpha value is -3.12. The van der Waals surface area contributed by atoms with Gasteiger partial charge in [0.15, 0.2) is 0 Å². The molecule has 0 aliphatic carbocycles. The van der Waals surface area contributed by atoms with Gasteiger partial charge in [0.05, 0.1) is 12.7 Å². The van der Waals surface area contributed by atoms with E-state index in [1.54, 1.807) is 0 Å². The number of carbonyl (C=O) groups is 1. The van der Waals surface area contributed by atoms with Crippen LogP contribution >= 0.6 is 0 Å². The van der Waals surface area contributed by atoms with Crippen molar-refractivity contribution in [1.29, 1.82) is 0 Å². The van der Waals surface area contributed by atoms with Crippen molar-refractivity contribution in [2.75, 3.05) is 19.8 Å². The SMILES string of the molecule is CCOc1ccccc1N=c1oc2ccccc2cc1C(=O)NCC1CCCO1. The summed E-state index contributed by atoms with van der Waals surface area (Å²) in [5.41, 5.74) is 1.91. The summed E-state index contributed by atoms with van der Waals surface area (Å²) in [6.07, 6.45) is 2.05. The topological polar surface area (TPSA) is 73.1 Å². The maximum Gasteiger partial charge on any atom is 0.256 e. The molecule has 150 valence electrons. The standard InChI is InChI=1S/C23H24N2O4/c1-2-27-21-12-6-4-10-19(21)25-23-18(14-16-8-3-5-11-20(16)29-23)22(26)24-15-17-9-7-13-28-17/h3-6,8,10-12,14,17H,2,7,9,13,15H2,1H3,(H,24,26). The fraction of sp³-hybridized carbons (Fsp3) is 0.304. The monoisotopic (exact) mass is 392 g/mol. The highest BCUT2D eigenvalue weighted by atomic mass is 16.5. The first-order valence-corrected chi connectivity index (χ1v) is 9.94. The minimum absolute atomic E-state index is 0.0652. The van der Waals surface area contributed by atoms with Crippen molar-refractivity contribution in [3.63, 3.8) is 0 Å². The summed E-state index contributed by atoms with van der Waals surface area (Å²) < 4.78 is 17.3. The van der Waals surface area contributed by atoms with Crippen LogP contribution in [0.5, 0.6) is 5.75 Å². The molecule has 6 nitrogen and oxygen atoms in total. The van der Waals surface area contributed by atoms with Crippen molar-refractivity contribution in [1.82, 2.24) is 5.32 Å². The van der Waals surface area contributed by atoms with Gasteiger partial charge in [-0.1, -0.05) is 30.3 Å². The molecule has 29 heavy (non-hydrogen) atoms. The number of carbonyl (C=O) groups excluding carboxylic acids is 1. The molecule has 4 rings (SSSR count). The van der Waals surface area contributed by atoms with Crippen LogP contribution in [-0.4, -0.2) is 31.8 Å². The molecule has 1 atom stereocenters. The summed E-state index contributed by atoms with van der Waals surface area (Å²) in [7, 11) is 0. The van der Waals surface area contributed by atoms with E-state index in [1.165, 1.54) is 0 Å². The summed E-state index contributed by atoms with van der Waals surface area (Å²) >= 11 is 0. The lowest BCUT2D eigenvalue weighted by molar-refractivity contribution is 0.0854. The van der Waals surface area contributed by atoms with Gasteiger partial charge in [0.25, 0.3) is 5.91 Å². The number of nitrogens with zero attached hydrogens (tertiary/aromatic N) is 1. The third kappa shape index (κ3) is 4.49. The minimum Gasteiger partial charge on any atom is -0.492 e. The highest BCUT2D eigenvalue weighted by molar-refractivity contribution is 5.96. The Balaban J connectivity index is 1.75. The van der Waals surface area contributed by atoms with E-state index in [2.05, 4.69) is 10.3 Å². The van der Waals surface area contributed by atoms with Gasteiger partial charge < -0.3 is 19.2 Å². The third-order valence-electron chi connectivity index (χ3n) is 4.80. The van der Waals surface area contributed by atoms with Gasteiger partial charge in [0.1, 0.15) is 22.6 Å². The van der Waals surface area contributed by atoms with Gasteiger partial charge in [-0.2, -0.15) is 0 Å². The number of rotatable bonds is 6. The summed E-state index contributed by atoms with van der Waals surface area (Å²) in [6.45, 7) is 3.67. The van der Waals surface area contributed by atoms with Gasteiger partial charge in [-0.15, -0.1) is 0 Å². The van der Waals surface area contributed by atoms with Crippen LogP contribution in [-0.2, 0) is 4.74 Å². The van der Waals surface area contributed by atoms with Crippen LogP contribution in [0.15, 0.2) is 64.0 Å². The van der Waals surface area contributed by atoms with E-state index in [0.29, 0.717) is 35.7 Å². The molecule has 1 fully saturated rings. The lowest BCUT2D eigenvalue weighted by Crippen LogP contribution is -2.34. The molecule has 1 saturated heterocycles. The Morgan fingerprint density at radius 2 is 2.03 bits per heavy atom. The van der Waals surface area contributed by atoms with Gasteiger partial charge in [0, 0.05) is 18.5 Å². The number of benzene rings is 2. The lowest BCUT2D eigenvalue weighted by atomic mass is 10.1. The largest absolute Gasteiger partial charge is 0.492 e. The van der Waals surface area contributed by atoms with Crippen LogP contribution in [0, 0.1) is 0 Å². The number of hydrogen-bond donors (Lipinski definition) is 1. The van der Waals surface area contributed by atoms with Crippen molar-refractivity contribution in [2.45, 2.75) is 25.9 Å². The number of amides is 1. The van der Waals surface area contributed by atoms with Crippen molar-refractivity contribution in [3.05, 3.63) is 65.7 Å². The van der Waals surface area contributed by atoms with E-state index in [1.807, 2.05) is 61.5 Å². The molecule has 1 aromatic heterocycles. The van der Waals surface area contributed by atoms with Crippen LogP contribution < -0.4 is 15.6 Å². The zero-order chi connectivity index (χ0) is 20.1. The minimum atomic E-state index is -0.234. The first kappa shape index (κ1) is 19.2. The first-order valence-electron chi connectivity index (χ1n) is 9.94. The number of nitrogens with one attached hydrogen (secondary N) is 1. The molecule has 0 bridgehead atoms. The van der Waals surface area contributed by atoms with Crippen molar-refractivity contribution in [2.24, 2.45) is 4.99 Å². The maximum absolute atomic E-state index is 12.9. The van der Waals surface area contributed by atoms with Crippen LogP contribution in [0.4, 0.5) is 5.69 Å². The summed E-state index contributed by atoms with van der Waals surface area (Å²) in [6, 6.07) is 16.8. The zero-order valence-electron chi connectivity index (χ0n) is 16.4. The number of fused-ring (bicyclic) bond motifs is 1. The highest BCUT2D eigenvalue weighted by Gasteiger charge is 2.18. The summed E-state index contributed by atoms with van der Waals surface area (Å²) in [5, 5.41) is 3.80. The highest BCUT2D eigenvalue weighted by Crippen LogP contribution is 2.26. The molecule has 1 unspecified atom stereocenters. The van der Waals surface area contributed by atoms with Crippen molar-refractivity contribution < 1.29 is 18.7 Å². The molecule has 1 amide bonds. The van der Waals surface area contributed by atoms with Crippen LogP contribution in [0.25, 0.3) is 11.0 Å². The van der Waals surface area contributed by atoms with E-state index in [-0.39, 0.29) is 17.6 Å². The molecule has 0 spiro atoms. The summed E-state index contributed by atoms with van der Waals surface area (Å²) in [4.78, 5) is 17.6. The predicted octanol–water partition coefficient (Wildman–Crippen LogP) is 3.97. The Morgan fingerprint density at radius 1 is 1.21 bits per heavy atom. The second-order valence-electron chi connectivity index (χ2n) is 6.86. The van der Waals surface area contributed by atoms with Gasteiger partial charge in [-0.25, -0.2) is 4.99 Å². The molecule has 3 aromatic rings.